The Morgan fingerprint density at radius 1 is 1.37 bits per heavy atom. The molecule has 0 radical (unpaired) electrons. The molecule has 0 spiro atoms. The molecule has 7 nitrogen and oxygen atoms in total. The van der Waals surface area contributed by atoms with Gasteiger partial charge in [0, 0.05) is 37.9 Å². The molecule has 0 aliphatic carbocycles. The molecule has 0 unspecified atom stereocenters. The van der Waals surface area contributed by atoms with Crippen LogP contribution in [0.15, 0.2) is 18.5 Å². The minimum absolute atomic E-state index is 0.105. The van der Waals surface area contributed by atoms with Gasteiger partial charge in [-0.25, -0.2) is 0 Å². The van der Waals surface area contributed by atoms with E-state index in [-0.39, 0.29) is 24.2 Å². The number of hydrogen-bond acceptors (Lipinski definition) is 5. The van der Waals surface area contributed by atoms with Crippen LogP contribution in [0.2, 0.25) is 0 Å². The van der Waals surface area contributed by atoms with Crippen LogP contribution in [0.25, 0.3) is 5.57 Å². The number of morpholine rings is 1. The molecule has 0 aromatic carbocycles. The van der Waals surface area contributed by atoms with Gasteiger partial charge in [-0.05, 0) is 32.3 Å². The molecule has 150 valence electrons. The lowest BCUT2D eigenvalue weighted by Crippen LogP contribution is -2.51. The quantitative estimate of drug-likeness (QED) is 0.812. The summed E-state index contributed by atoms with van der Waals surface area (Å²) < 4.78 is 7.52. The van der Waals surface area contributed by atoms with Gasteiger partial charge in [-0.15, -0.1) is 0 Å². The molecule has 1 aromatic heterocycles. The van der Waals surface area contributed by atoms with E-state index in [0.717, 1.165) is 31.5 Å². The lowest BCUT2D eigenvalue weighted by molar-refractivity contribution is -0.144. The zero-order chi connectivity index (χ0) is 19.4. The molecule has 27 heavy (non-hydrogen) atoms. The largest absolute Gasteiger partial charge is 0.391 e. The Labute approximate surface area is 161 Å². The topological polar surface area (TPSA) is 70.8 Å². The van der Waals surface area contributed by atoms with Gasteiger partial charge in [0.15, 0.2) is 0 Å². The highest BCUT2D eigenvalue weighted by Gasteiger charge is 2.27. The number of nitrogens with zero attached hydrogens (tertiary/aromatic N) is 4. The van der Waals surface area contributed by atoms with E-state index in [0.29, 0.717) is 26.2 Å². The molecule has 1 saturated heterocycles. The molecule has 1 fully saturated rings. The maximum atomic E-state index is 12.6. The maximum absolute atomic E-state index is 12.6. The first-order valence-electron chi connectivity index (χ1n) is 10.00. The van der Waals surface area contributed by atoms with E-state index in [1.54, 1.807) is 4.68 Å². The van der Waals surface area contributed by atoms with Gasteiger partial charge >= 0.3 is 0 Å². The minimum atomic E-state index is -0.356. The second kappa shape index (κ2) is 8.99. The Kier molecular flexibility index (Phi) is 6.68. The van der Waals surface area contributed by atoms with E-state index in [1.807, 2.05) is 38.1 Å². The molecule has 0 bridgehead atoms. The third-order valence-electron chi connectivity index (χ3n) is 5.30. The summed E-state index contributed by atoms with van der Waals surface area (Å²) in [5.74, 6) is 0.190. The van der Waals surface area contributed by atoms with Gasteiger partial charge in [-0.1, -0.05) is 13.0 Å². The number of aromatic nitrogens is 2. The summed E-state index contributed by atoms with van der Waals surface area (Å²) in [6.07, 6.45) is 7.55. The summed E-state index contributed by atoms with van der Waals surface area (Å²) in [4.78, 5) is 16.7. The number of carbonyl (C=O) groups is 1. The summed E-state index contributed by atoms with van der Waals surface area (Å²) in [5.41, 5.74) is 2.38. The van der Waals surface area contributed by atoms with Crippen LogP contribution in [0, 0.1) is 0 Å². The first kappa shape index (κ1) is 20.0. The Hall–Kier alpha value is -1.70. The number of aliphatic hydroxyl groups excluding tert-OH is 1. The summed E-state index contributed by atoms with van der Waals surface area (Å²) in [7, 11) is 0. The second-order valence-corrected chi connectivity index (χ2v) is 7.78. The van der Waals surface area contributed by atoms with Crippen molar-refractivity contribution in [2.75, 3.05) is 32.7 Å². The molecular weight excluding hydrogens is 344 g/mol. The van der Waals surface area contributed by atoms with Crippen LogP contribution in [0.4, 0.5) is 0 Å². The first-order valence-corrected chi connectivity index (χ1v) is 10.00. The Bertz CT molecular complexity index is 662. The van der Waals surface area contributed by atoms with Crippen molar-refractivity contribution in [3.05, 3.63) is 24.0 Å². The first-order chi connectivity index (χ1) is 12.9. The monoisotopic (exact) mass is 376 g/mol. The second-order valence-electron chi connectivity index (χ2n) is 7.78. The van der Waals surface area contributed by atoms with Crippen LogP contribution < -0.4 is 0 Å². The Morgan fingerprint density at radius 2 is 2.11 bits per heavy atom. The number of aliphatic hydroxyl groups is 1. The van der Waals surface area contributed by atoms with Gasteiger partial charge < -0.3 is 14.7 Å². The third-order valence-corrected chi connectivity index (χ3v) is 5.30. The van der Waals surface area contributed by atoms with E-state index >= 15 is 0 Å². The van der Waals surface area contributed by atoms with Crippen LogP contribution in [-0.2, 0) is 16.1 Å². The van der Waals surface area contributed by atoms with Crippen molar-refractivity contribution in [3.8, 4) is 0 Å². The lowest BCUT2D eigenvalue weighted by Gasteiger charge is -2.36. The average molecular weight is 377 g/mol. The normalized spacial score (nSPS) is 25.3. The highest BCUT2D eigenvalue weighted by atomic mass is 16.5. The Morgan fingerprint density at radius 3 is 2.74 bits per heavy atom. The summed E-state index contributed by atoms with van der Waals surface area (Å²) >= 11 is 0. The maximum Gasteiger partial charge on any atom is 0.236 e. The molecule has 1 aromatic rings. The van der Waals surface area contributed by atoms with Crippen molar-refractivity contribution in [2.45, 2.75) is 58.5 Å². The predicted molar refractivity (Wildman–Crippen MR) is 104 cm³/mol. The Balaban J connectivity index is 1.52. The van der Waals surface area contributed by atoms with Crippen molar-refractivity contribution in [2.24, 2.45) is 0 Å². The summed E-state index contributed by atoms with van der Waals surface area (Å²) in [6.45, 7) is 10.0. The number of ether oxygens (including phenoxy) is 1. The predicted octanol–water partition coefficient (Wildman–Crippen LogP) is 1.38. The van der Waals surface area contributed by atoms with Crippen LogP contribution in [0.3, 0.4) is 0 Å². The number of hydrogen-bond donors (Lipinski definition) is 1. The molecule has 2 aliphatic heterocycles. The molecule has 1 N–H and O–H groups in total. The van der Waals surface area contributed by atoms with Crippen LogP contribution in [0.1, 0.15) is 39.2 Å². The van der Waals surface area contributed by atoms with Gasteiger partial charge in [-0.3, -0.25) is 14.4 Å². The van der Waals surface area contributed by atoms with Crippen molar-refractivity contribution in [3.63, 3.8) is 0 Å². The summed E-state index contributed by atoms with van der Waals surface area (Å²) in [5, 5.41) is 14.1. The fraction of sp³-hybridized carbons (Fsp3) is 0.700. The fourth-order valence-corrected chi connectivity index (χ4v) is 3.76. The molecule has 2 aliphatic rings. The van der Waals surface area contributed by atoms with Gasteiger partial charge in [0.25, 0.3) is 0 Å². The SMILES string of the molecule is CC[C@H](O)Cn1cc(C2=CCN(CC(=O)N3C[C@@H](C)O[C@@H](C)C3)CC2)cn1. The van der Waals surface area contributed by atoms with E-state index < -0.39 is 0 Å². The molecule has 3 rings (SSSR count). The van der Waals surface area contributed by atoms with Crippen molar-refractivity contribution < 1.29 is 14.6 Å². The van der Waals surface area contributed by atoms with Crippen LogP contribution in [-0.4, -0.2) is 81.6 Å². The van der Waals surface area contributed by atoms with Crippen molar-refractivity contribution in [1.29, 1.82) is 0 Å². The molecule has 7 heteroatoms. The zero-order valence-corrected chi connectivity index (χ0v) is 16.7. The van der Waals surface area contributed by atoms with Crippen LogP contribution in [0.5, 0.6) is 0 Å². The molecule has 1 amide bonds. The van der Waals surface area contributed by atoms with E-state index in [4.69, 9.17) is 4.74 Å². The zero-order valence-electron chi connectivity index (χ0n) is 16.7. The summed E-state index contributed by atoms with van der Waals surface area (Å²) in [6, 6.07) is 0. The van der Waals surface area contributed by atoms with Gasteiger partial charge in [0.2, 0.25) is 5.91 Å². The van der Waals surface area contributed by atoms with Gasteiger partial charge in [-0.2, -0.15) is 5.10 Å². The molecule has 3 atom stereocenters. The highest BCUT2D eigenvalue weighted by Crippen LogP contribution is 2.22. The van der Waals surface area contributed by atoms with E-state index in [2.05, 4.69) is 16.1 Å². The van der Waals surface area contributed by atoms with Gasteiger partial charge in [0.1, 0.15) is 0 Å². The minimum Gasteiger partial charge on any atom is -0.391 e. The molecule has 3 heterocycles. The fourth-order valence-electron chi connectivity index (χ4n) is 3.76. The van der Waals surface area contributed by atoms with E-state index in [1.165, 1.54) is 5.57 Å². The van der Waals surface area contributed by atoms with Crippen LogP contribution >= 0.6 is 0 Å². The number of amides is 1. The third kappa shape index (κ3) is 5.40. The smallest absolute Gasteiger partial charge is 0.236 e. The molecular formula is C20H32N4O3. The van der Waals surface area contributed by atoms with Crippen molar-refractivity contribution in [1.82, 2.24) is 19.6 Å². The standard InChI is InChI=1S/C20H32N4O3/c1-4-19(25)13-24-12-18(9-21-24)17-5-7-22(8-6-17)14-20(26)23-10-15(2)27-16(3)11-23/h5,9,12,15-16,19,25H,4,6-8,10-11,13-14H2,1-3H3/t15-,16+,19-/m0/s1. The average Bonchev–Trinajstić information content (AvgIpc) is 3.09. The lowest BCUT2D eigenvalue weighted by atomic mass is 10.0. The highest BCUT2D eigenvalue weighted by molar-refractivity contribution is 5.78. The number of rotatable bonds is 6. The van der Waals surface area contributed by atoms with Crippen molar-refractivity contribution >= 4 is 11.5 Å². The van der Waals surface area contributed by atoms with Gasteiger partial charge in [0.05, 0.1) is 37.6 Å². The van der Waals surface area contributed by atoms with E-state index in [9.17, 15) is 9.90 Å². The molecule has 0 saturated carbocycles. The number of carbonyl (C=O) groups excluding carboxylic acids is 1.